The minimum atomic E-state index is -0.0292. The van der Waals surface area contributed by atoms with Crippen molar-refractivity contribution in [2.45, 2.75) is 44.8 Å². The molecule has 0 amide bonds. The van der Waals surface area contributed by atoms with E-state index in [2.05, 4.69) is 14.8 Å². The van der Waals surface area contributed by atoms with Crippen LogP contribution in [0.15, 0.2) is 12.3 Å². The first-order chi connectivity index (χ1) is 10.3. The van der Waals surface area contributed by atoms with Gasteiger partial charge in [0, 0.05) is 30.9 Å². The summed E-state index contributed by atoms with van der Waals surface area (Å²) in [6.45, 7) is 4.61. The number of anilines is 1. The highest BCUT2D eigenvalue weighted by molar-refractivity contribution is 6.31. The summed E-state index contributed by atoms with van der Waals surface area (Å²) in [5, 5.41) is 9.86. The van der Waals surface area contributed by atoms with Crippen LogP contribution < -0.4 is 4.90 Å². The lowest BCUT2D eigenvalue weighted by Gasteiger charge is -2.40. The van der Waals surface area contributed by atoms with Crippen molar-refractivity contribution in [3.8, 4) is 0 Å². The van der Waals surface area contributed by atoms with Crippen LogP contribution >= 0.6 is 11.6 Å². The molecule has 1 N–H and O–H groups in total. The van der Waals surface area contributed by atoms with Crippen LogP contribution in [0.25, 0.3) is 0 Å². The molecule has 0 unspecified atom stereocenters. The molecule has 1 aromatic rings. The highest BCUT2D eigenvalue weighted by Crippen LogP contribution is 2.26. The average Bonchev–Trinajstić information content (AvgIpc) is 2.56. The Kier molecular flexibility index (Phi) is 4.99. The van der Waals surface area contributed by atoms with E-state index in [1.54, 1.807) is 6.20 Å². The van der Waals surface area contributed by atoms with Crippen LogP contribution in [0.1, 0.15) is 37.7 Å². The lowest BCUT2D eigenvalue weighted by atomic mass is 10.00. The number of nitrogens with zero attached hydrogens (tertiary/aromatic N) is 3. The maximum absolute atomic E-state index is 9.32. The van der Waals surface area contributed by atoms with Crippen molar-refractivity contribution in [2.75, 3.05) is 31.1 Å². The van der Waals surface area contributed by atoms with Crippen LogP contribution in [-0.2, 0) is 6.61 Å². The fourth-order valence-electron chi connectivity index (χ4n) is 3.51. The quantitative estimate of drug-likeness (QED) is 0.932. The van der Waals surface area contributed by atoms with Crippen molar-refractivity contribution in [2.24, 2.45) is 0 Å². The van der Waals surface area contributed by atoms with Gasteiger partial charge in [0.2, 0.25) is 0 Å². The topological polar surface area (TPSA) is 39.6 Å². The van der Waals surface area contributed by atoms with Crippen molar-refractivity contribution >= 4 is 17.4 Å². The molecule has 0 spiro atoms. The summed E-state index contributed by atoms with van der Waals surface area (Å²) in [7, 11) is 0. The van der Waals surface area contributed by atoms with Gasteiger partial charge in [0.15, 0.2) is 0 Å². The second-order valence-electron chi connectivity index (χ2n) is 6.11. The van der Waals surface area contributed by atoms with Crippen molar-refractivity contribution < 1.29 is 5.11 Å². The molecule has 0 radical (unpaired) electrons. The van der Waals surface area contributed by atoms with Gasteiger partial charge in [-0.2, -0.15) is 0 Å². The fraction of sp³-hybridized carbons (Fsp3) is 0.688. The molecular weight excluding hydrogens is 286 g/mol. The normalized spacial score (nSPS) is 21.7. The van der Waals surface area contributed by atoms with Crippen LogP contribution in [0.3, 0.4) is 0 Å². The Morgan fingerprint density at radius 1 is 1.14 bits per heavy atom. The molecule has 3 rings (SSSR count). The van der Waals surface area contributed by atoms with Crippen molar-refractivity contribution in [3.05, 3.63) is 22.8 Å². The van der Waals surface area contributed by atoms with Crippen LogP contribution in [0.2, 0.25) is 5.02 Å². The number of aliphatic hydroxyl groups is 1. The fourth-order valence-corrected chi connectivity index (χ4v) is 3.67. The maximum Gasteiger partial charge on any atom is 0.128 e. The van der Waals surface area contributed by atoms with Crippen LogP contribution in [0, 0.1) is 0 Å². The third-order valence-corrected chi connectivity index (χ3v) is 5.13. The van der Waals surface area contributed by atoms with E-state index in [9.17, 15) is 5.11 Å². The zero-order valence-electron chi connectivity index (χ0n) is 12.5. The minimum absolute atomic E-state index is 0.0292. The maximum atomic E-state index is 9.32. The Hall–Kier alpha value is -0.840. The highest BCUT2D eigenvalue weighted by atomic mass is 35.5. The molecule has 3 heterocycles. The largest absolute Gasteiger partial charge is 0.392 e. The molecule has 4 nitrogen and oxygen atoms in total. The number of pyridine rings is 1. The van der Waals surface area contributed by atoms with Gasteiger partial charge in [-0.3, -0.25) is 0 Å². The van der Waals surface area contributed by atoms with E-state index in [0.29, 0.717) is 5.02 Å². The molecule has 0 bridgehead atoms. The van der Waals surface area contributed by atoms with Gasteiger partial charge in [-0.05, 0) is 44.8 Å². The molecule has 2 fully saturated rings. The zero-order valence-corrected chi connectivity index (χ0v) is 13.2. The zero-order chi connectivity index (χ0) is 14.7. The van der Waals surface area contributed by atoms with E-state index < -0.39 is 0 Å². The lowest BCUT2D eigenvalue weighted by molar-refractivity contribution is 0.141. The Balaban J connectivity index is 1.60. The number of likely N-dealkylation sites (tertiary alicyclic amines) is 1. The van der Waals surface area contributed by atoms with Crippen molar-refractivity contribution in [1.29, 1.82) is 0 Å². The van der Waals surface area contributed by atoms with E-state index in [-0.39, 0.29) is 6.61 Å². The average molecular weight is 310 g/mol. The summed E-state index contributed by atoms with van der Waals surface area (Å²) in [6.07, 6.45) is 8.18. The number of hydrogen-bond donors (Lipinski definition) is 1. The third-order valence-electron chi connectivity index (χ3n) is 4.79. The number of piperidine rings is 2. The Bertz CT molecular complexity index is 469. The second-order valence-corrected chi connectivity index (χ2v) is 6.51. The summed E-state index contributed by atoms with van der Waals surface area (Å²) in [5.74, 6) is 0.945. The molecule has 0 aliphatic carbocycles. The molecule has 1 aromatic heterocycles. The SMILES string of the molecule is OCc1cc(N2CCC(N3CCCCC3)CC2)ncc1Cl. The monoisotopic (exact) mass is 309 g/mol. The molecule has 2 aliphatic rings. The predicted octanol–water partition coefficient (Wildman–Crippen LogP) is 2.68. The van der Waals surface area contributed by atoms with Gasteiger partial charge >= 0.3 is 0 Å². The number of aliphatic hydroxyl groups excluding tert-OH is 1. The summed E-state index contributed by atoms with van der Waals surface area (Å²) >= 11 is 6.01. The van der Waals surface area contributed by atoms with Crippen molar-refractivity contribution in [3.63, 3.8) is 0 Å². The summed E-state index contributed by atoms with van der Waals surface area (Å²) in [5.41, 5.74) is 0.764. The van der Waals surface area contributed by atoms with E-state index in [4.69, 9.17) is 11.6 Å². The molecule has 21 heavy (non-hydrogen) atoms. The molecule has 2 aliphatic heterocycles. The van der Waals surface area contributed by atoms with E-state index in [0.717, 1.165) is 30.5 Å². The first kappa shape index (κ1) is 15.1. The minimum Gasteiger partial charge on any atom is -0.392 e. The number of hydrogen-bond acceptors (Lipinski definition) is 4. The molecule has 2 saturated heterocycles. The van der Waals surface area contributed by atoms with E-state index in [1.165, 1.54) is 45.2 Å². The second kappa shape index (κ2) is 6.95. The Labute approximate surface area is 131 Å². The van der Waals surface area contributed by atoms with E-state index in [1.807, 2.05) is 6.07 Å². The van der Waals surface area contributed by atoms with Gasteiger partial charge < -0.3 is 14.9 Å². The molecule has 0 saturated carbocycles. The smallest absolute Gasteiger partial charge is 0.128 e. The molecule has 0 atom stereocenters. The van der Waals surface area contributed by atoms with Crippen LogP contribution in [-0.4, -0.2) is 47.2 Å². The number of aromatic nitrogens is 1. The lowest BCUT2D eigenvalue weighted by Crippen LogP contribution is -2.46. The Morgan fingerprint density at radius 2 is 1.86 bits per heavy atom. The summed E-state index contributed by atoms with van der Waals surface area (Å²) in [4.78, 5) is 9.41. The van der Waals surface area contributed by atoms with Crippen LogP contribution in [0.5, 0.6) is 0 Å². The van der Waals surface area contributed by atoms with Gasteiger partial charge in [0.05, 0.1) is 11.6 Å². The van der Waals surface area contributed by atoms with Gasteiger partial charge in [-0.25, -0.2) is 4.98 Å². The summed E-state index contributed by atoms with van der Waals surface area (Å²) in [6, 6.07) is 2.66. The molecule has 0 aromatic carbocycles. The van der Waals surface area contributed by atoms with Gasteiger partial charge in [-0.1, -0.05) is 18.0 Å². The standard InChI is InChI=1S/C16H24ClN3O/c17-15-11-18-16(10-13(15)12-21)20-8-4-14(5-9-20)19-6-2-1-3-7-19/h10-11,14,21H,1-9,12H2. The predicted molar refractivity (Wildman–Crippen MR) is 85.8 cm³/mol. The van der Waals surface area contributed by atoms with Crippen molar-refractivity contribution in [1.82, 2.24) is 9.88 Å². The number of rotatable bonds is 3. The van der Waals surface area contributed by atoms with Gasteiger partial charge in [-0.15, -0.1) is 0 Å². The van der Waals surface area contributed by atoms with Gasteiger partial charge in [0.1, 0.15) is 5.82 Å². The Morgan fingerprint density at radius 3 is 2.52 bits per heavy atom. The van der Waals surface area contributed by atoms with Crippen LogP contribution in [0.4, 0.5) is 5.82 Å². The molecule has 116 valence electrons. The number of halogens is 1. The first-order valence-electron chi connectivity index (χ1n) is 8.02. The first-order valence-corrected chi connectivity index (χ1v) is 8.40. The van der Waals surface area contributed by atoms with E-state index >= 15 is 0 Å². The highest BCUT2D eigenvalue weighted by Gasteiger charge is 2.26. The molecular formula is C16H24ClN3O. The van der Waals surface area contributed by atoms with Gasteiger partial charge in [0.25, 0.3) is 0 Å². The molecule has 5 heteroatoms. The summed E-state index contributed by atoms with van der Waals surface area (Å²) < 4.78 is 0. The third kappa shape index (κ3) is 3.50.